The monoisotopic (exact) mass is 163 g/mol. The van der Waals surface area contributed by atoms with Crippen molar-refractivity contribution in [2.45, 2.75) is 38.5 Å². The molecule has 0 amide bonds. The van der Waals surface area contributed by atoms with E-state index in [-0.39, 0.29) is 12.4 Å². The zero-order chi connectivity index (χ0) is 6.53. The molecule has 0 atom stereocenters. The normalized spacial score (nSPS) is 21.3. The maximum absolute atomic E-state index is 5.57. The Morgan fingerprint density at radius 3 is 1.90 bits per heavy atom. The molecule has 1 aliphatic rings. The minimum atomic E-state index is 0. The minimum Gasteiger partial charge on any atom is -0.330 e. The molecule has 2 N–H and O–H groups in total. The van der Waals surface area contributed by atoms with Crippen molar-refractivity contribution in [1.29, 1.82) is 0 Å². The molecule has 0 bridgehead atoms. The van der Waals surface area contributed by atoms with Crippen LogP contribution in [0.3, 0.4) is 0 Å². The zero-order valence-corrected chi connectivity index (χ0v) is 7.33. The van der Waals surface area contributed by atoms with E-state index >= 15 is 0 Å². The summed E-state index contributed by atoms with van der Waals surface area (Å²) in [6.07, 6.45) is 8.49. The van der Waals surface area contributed by atoms with Gasteiger partial charge in [-0.25, -0.2) is 0 Å². The predicted octanol–water partition coefficient (Wildman–Crippen LogP) is 2.34. The highest BCUT2D eigenvalue weighted by atomic mass is 35.5. The molecular weight excluding hydrogens is 146 g/mol. The highest BCUT2D eigenvalue weighted by molar-refractivity contribution is 5.85. The quantitative estimate of drug-likeness (QED) is 0.590. The first-order valence-corrected chi connectivity index (χ1v) is 4.13. The largest absolute Gasteiger partial charge is 0.330 e. The number of rotatable bonds is 1. The maximum atomic E-state index is 5.57. The summed E-state index contributed by atoms with van der Waals surface area (Å²) in [4.78, 5) is 0. The smallest absolute Gasteiger partial charge is 0.00489 e. The van der Waals surface area contributed by atoms with Crippen molar-refractivity contribution in [2.75, 3.05) is 6.54 Å². The van der Waals surface area contributed by atoms with Gasteiger partial charge in [-0.2, -0.15) is 0 Å². The van der Waals surface area contributed by atoms with E-state index in [2.05, 4.69) is 0 Å². The Labute approximate surface area is 69.8 Å². The van der Waals surface area contributed by atoms with E-state index in [0.717, 1.165) is 12.5 Å². The number of hydrogen-bond acceptors (Lipinski definition) is 1. The van der Waals surface area contributed by atoms with E-state index in [9.17, 15) is 0 Å². The van der Waals surface area contributed by atoms with Gasteiger partial charge in [-0.3, -0.25) is 0 Å². The summed E-state index contributed by atoms with van der Waals surface area (Å²) in [5.74, 6) is 0.854. The van der Waals surface area contributed by atoms with Crippen LogP contribution in [0.15, 0.2) is 0 Å². The van der Waals surface area contributed by atoms with Crippen LogP contribution in [-0.2, 0) is 0 Å². The van der Waals surface area contributed by atoms with Crippen LogP contribution < -0.4 is 5.73 Å². The van der Waals surface area contributed by atoms with E-state index in [1.165, 1.54) is 38.5 Å². The zero-order valence-electron chi connectivity index (χ0n) is 6.51. The molecule has 1 fully saturated rings. The summed E-state index contributed by atoms with van der Waals surface area (Å²) in [7, 11) is 0. The molecule has 0 radical (unpaired) electrons. The van der Waals surface area contributed by atoms with Gasteiger partial charge >= 0.3 is 0 Å². The molecule has 0 aromatic rings. The lowest BCUT2D eigenvalue weighted by Gasteiger charge is -2.08. The van der Waals surface area contributed by atoms with Gasteiger partial charge in [0.2, 0.25) is 0 Å². The van der Waals surface area contributed by atoms with E-state index in [4.69, 9.17) is 5.73 Å². The molecule has 0 heterocycles. The molecule has 1 saturated carbocycles. The van der Waals surface area contributed by atoms with Crippen molar-refractivity contribution in [3.05, 3.63) is 0 Å². The summed E-state index contributed by atoms with van der Waals surface area (Å²) in [5, 5.41) is 0. The van der Waals surface area contributed by atoms with E-state index in [1.807, 2.05) is 0 Å². The van der Waals surface area contributed by atoms with Crippen LogP contribution in [-0.4, -0.2) is 6.54 Å². The summed E-state index contributed by atoms with van der Waals surface area (Å²) in [5.41, 5.74) is 5.57. The fourth-order valence-electron chi connectivity index (χ4n) is 1.60. The van der Waals surface area contributed by atoms with Crippen LogP contribution in [0.4, 0.5) is 0 Å². The van der Waals surface area contributed by atoms with Gasteiger partial charge in [0.1, 0.15) is 0 Å². The third kappa shape index (κ3) is 3.43. The van der Waals surface area contributed by atoms with Crippen LogP contribution in [0.2, 0.25) is 0 Å². The Kier molecular flexibility index (Phi) is 6.14. The number of hydrogen-bond donors (Lipinski definition) is 1. The van der Waals surface area contributed by atoms with Gasteiger partial charge in [0, 0.05) is 0 Å². The van der Waals surface area contributed by atoms with Gasteiger partial charge in [0.25, 0.3) is 0 Å². The standard InChI is InChI=1S/C8H17N.ClH/c9-7-8-5-3-1-2-4-6-8;/h8H,1-7,9H2;1H. The topological polar surface area (TPSA) is 26.0 Å². The highest BCUT2D eigenvalue weighted by Gasteiger charge is 2.08. The third-order valence-corrected chi connectivity index (χ3v) is 2.31. The molecule has 1 nitrogen and oxygen atoms in total. The Balaban J connectivity index is 0.000000810. The van der Waals surface area contributed by atoms with Crippen LogP contribution in [0, 0.1) is 5.92 Å². The van der Waals surface area contributed by atoms with Gasteiger partial charge in [-0.05, 0) is 25.3 Å². The van der Waals surface area contributed by atoms with Crippen molar-refractivity contribution in [3.63, 3.8) is 0 Å². The second kappa shape index (κ2) is 5.99. The average molecular weight is 164 g/mol. The van der Waals surface area contributed by atoms with Crippen molar-refractivity contribution < 1.29 is 0 Å². The van der Waals surface area contributed by atoms with E-state index in [1.54, 1.807) is 0 Å². The maximum Gasteiger partial charge on any atom is -0.00489 e. The average Bonchev–Trinajstić information content (AvgIpc) is 2.13. The van der Waals surface area contributed by atoms with Crippen LogP contribution in [0.1, 0.15) is 38.5 Å². The fourth-order valence-corrected chi connectivity index (χ4v) is 1.60. The first-order valence-electron chi connectivity index (χ1n) is 4.13. The van der Waals surface area contributed by atoms with Crippen LogP contribution >= 0.6 is 12.4 Å². The molecular formula is C8H18ClN. The summed E-state index contributed by atoms with van der Waals surface area (Å²) < 4.78 is 0. The second-order valence-electron chi connectivity index (χ2n) is 3.09. The second-order valence-corrected chi connectivity index (χ2v) is 3.09. The molecule has 1 aliphatic carbocycles. The van der Waals surface area contributed by atoms with E-state index in [0.29, 0.717) is 0 Å². The fraction of sp³-hybridized carbons (Fsp3) is 1.00. The van der Waals surface area contributed by atoms with Crippen LogP contribution in [0.25, 0.3) is 0 Å². The predicted molar refractivity (Wildman–Crippen MR) is 47.5 cm³/mol. The highest BCUT2D eigenvalue weighted by Crippen LogP contribution is 2.21. The first kappa shape index (κ1) is 10.2. The summed E-state index contributed by atoms with van der Waals surface area (Å²) in [6.45, 7) is 0.917. The Morgan fingerprint density at radius 1 is 1.00 bits per heavy atom. The minimum absolute atomic E-state index is 0. The molecule has 0 spiro atoms. The number of halogens is 1. The molecule has 0 unspecified atom stereocenters. The summed E-state index contributed by atoms with van der Waals surface area (Å²) >= 11 is 0. The van der Waals surface area contributed by atoms with Gasteiger partial charge in [0.15, 0.2) is 0 Å². The SMILES string of the molecule is Cl.NCC1CCCCCC1. The molecule has 62 valence electrons. The van der Waals surface area contributed by atoms with Gasteiger partial charge in [0.05, 0.1) is 0 Å². The van der Waals surface area contributed by atoms with Gasteiger partial charge in [-0.15, -0.1) is 12.4 Å². The van der Waals surface area contributed by atoms with Crippen molar-refractivity contribution >= 4 is 12.4 Å². The van der Waals surface area contributed by atoms with Crippen molar-refractivity contribution in [3.8, 4) is 0 Å². The molecule has 0 saturated heterocycles. The van der Waals surface area contributed by atoms with E-state index < -0.39 is 0 Å². The Bertz CT molecular complexity index is 67.7. The number of nitrogens with two attached hydrogens (primary N) is 1. The molecule has 0 aromatic carbocycles. The lowest BCUT2D eigenvalue weighted by Crippen LogP contribution is -2.12. The molecule has 2 heteroatoms. The summed E-state index contributed by atoms with van der Waals surface area (Å²) in [6, 6.07) is 0. The van der Waals surface area contributed by atoms with Gasteiger partial charge in [-0.1, -0.05) is 25.7 Å². The molecule has 0 aromatic heterocycles. The lowest BCUT2D eigenvalue weighted by atomic mass is 10.0. The third-order valence-electron chi connectivity index (χ3n) is 2.31. The first-order chi connectivity index (χ1) is 4.43. The lowest BCUT2D eigenvalue weighted by molar-refractivity contribution is 0.471. The van der Waals surface area contributed by atoms with Crippen molar-refractivity contribution in [2.24, 2.45) is 11.7 Å². The Hall–Kier alpha value is 0.250. The molecule has 1 rings (SSSR count). The molecule has 0 aliphatic heterocycles. The van der Waals surface area contributed by atoms with Crippen LogP contribution in [0.5, 0.6) is 0 Å². The van der Waals surface area contributed by atoms with Gasteiger partial charge < -0.3 is 5.73 Å². The molecule has 10 heavy (non-hydrogen) atoms. The Morgan fingerprint density at radius 2 is 1.50 bits per heavy atom. The van der Waals surface area contributed by atoms with Crippen molar-refractivity contribution in [1.82, 2.24) is 0 Å².